The van der Waals surface area contributed by atoms with Crippen LogP contribution in [0.1, 0.15) is 40.5 Å². The SMILES string of the molecule is CC(C)(CC(=O)O)OCCC(C)(C)Oc1ccc(N2C(=O)C(Sc3ncccn3)C(Sc3ncccn3)C2=O)cc1. The van der Waals surface area contributed by atoms with E-state index in [1.165, 1.54) is 4.90 Å². The number of aliphatic carboxylic acids is 1. The molecule has 0 radical (unpaired) electrons. The van der Waals surface area contributed by atoms with E-state index in [9.17, 15) is 14.4 Å². The van der Waals surface area contributed by atoms with Gasteiger partial charge in [-0.05, 0) is 64.1 Å². The van der Waals surface area contributed by atoms with Gasteiger partial charge in [0, 0.05) is 31.2 Å². The van der Waals surface area contributed by atoms with Crippen molar-refractivity contribution < 1.29 is 29.0 Å². The van der Waals surface area contributed by atoms with Gasteiger partial charge in [-0.3, -0.25) is 14.4 Å². The van der Waals surface area contributed by atoms with Crippen LogP contribution in [0.15, 0.2) is 71.5 Å². The number of rotatable bonds is 13. The summed E-state index contributed by atoms with van der Waals surface area (Å²) in [6, 6.07) is 10.1. The van der Waals surface area contributed by atoms with E-state index in [2.05, 4.69) is 19.9 Å². The highest BCUT2D eigenvalue weighted by Gasteiger charge is 2.50. The van der Waals surface area contributed by atoms with Crippen molar-refractivity contribution in [2.24, 2.45) is 0 Å². The van der Waals surface area contributed by atoms with Crippen LogP contribution in [0.3, 0.4) is 0 Å². The summed E-state index contributed by atoms with van der Waals surface area (Å²) < 4.78 is 11.9. The first-order valence-electron chi connectivity index (χ1n) is 12.8. The summed E-state index contributed by atoms with van der Waals surface area (Å²) in [5.74, 6) is -1.13. The number of nitrogens with zero attached hydrogens (tertiary/aromatic N) is 5. The van der Waals surface area contributed by atoms with Crippen LogP contribution < -0.4 is 9.64 Å². The molecule has 1 saturated heterocycles. The topological polar surface area (TPSA) is 145 Å². The van der Waals surface area contributed by atoms with Gasteiger partial charge in [-0.15, -0.1) is 0 Å². The van der Waals surface area contributed by atoms with Gasteiger partial charge in [0.15, 0.2) is 10.3 Å². The fourth-order valence-electron chi connectivity index (χ4n) is 4.04. The summed E-state index contributed by atoms with van der Waals surface area (Å²) in [6.45, 7) is 7.60. The van der Waals surface area contributed by atoms with Crippen molar-refractivity contribution in [2.45, 2.75) is 72.6 Å². The number of benzene rings is 1. The quantitative estimate of drug-likeness (QED) is 0.222. The highest BCUT2D eigenvalue weighted by Crippen LogP contribution is 2.40. The number of thioether (sulfide) groups is 2. The number of carboxylic acid groups (broad SMARTS) is 1. The predicted octanol–water partition coefficient (Wildman–Crippen LogP) is 4.28. The molecular formula is C28H31N5O6S2. The summed E-state index contributed by atoms with van der Waals surface area (Å²) in [7, 11) is 0. The highest BCUT2D eigenvalue weighted by atomic mass is 32.2. The van der Waals surface area contributed by atoms with Gasteiger partial charge in [0.1, 0.15) is 21.9 Å². The van der Waals surface area contributed by atoms with Crippen molar-refractivity contribution in [3.63, 3.8) is 0 Å². The molecule has 0 saturated carbocycles. The van der Waals surface area contributed by atoms with Crippen molar-refractivity contribution in [3.05, 3.63) is 61.2 Å². The number of carboxylic acids is 1. The second kappa shape index (κ2) is 13.0. The molecule has 0 spiro atoms. The molecule has 13 heteroatoms. The fourth-order valence-corrected chi connectivity index (χ4v) is 6.21. The van der Waals surface area contributed by atoms with E-state index in [0.29, 0.717) is 34.8 Å². The standard InChI is InChI=1S/C28H31N5O6S2/c1-27(2,11-16-38-28(3,4)17-20(34)35)39-19-9-7-18(8-10-19)33-23(36)21(40-25-29-12-5-13-30-25)22(24(33)37)41-26-31-14-6-15-32-26/h5-10,12-15,21-22H,11,16-17H2,1-4H3,(H,34,35). The summed E-state index contributed by atoms with van der Waals surface area (Å²) in [6.07, 6.45) is 6.75. The Hall–Kier alpha value is -3.55. The summed E-state index contributed by atoms with van der Waals surface area (Å²) in [5, 5.41) is 8.26. The lowest BCUT2D eigenvalue weighted by Gasteiger charge is -2.29. The number of amides is 2. The van der Waals surface area contributed by atoms with Crippen molar-refractivity contribution in [1.82, 2.24) is 19.9 Å². The lowest BCUT2D eigenvalue weighted by molar-refractivity contribution is -0.144. The minimum absolute atomic E-state index is 0.0981. The number of hydrogen-bond donors (Lipinski definition) is 1. The molecule has 3 heterocycles. The number of imide groups is 1. The molecule has 2 atom stereocenters. The monoisotopic (exact) mass is 597 g/mol. The van der Waals surface area contributed by atoms with Gasteiger partial charge in [-0.25, -0.2) is 24.8 Å². The van der Waals surface area contributed by atoms with Crippen LogP contribution in [0.5, 0.6) is 5.75 Å². The van der Waals surface area contributed by atoms with Crippen LogP contribution in [0.25, 0.3) is 0 Å². The molecule has 216 valence electrons. The smallest absolute Gasteiger partial charge is 0.306 e. The predicted molar refractivity (Wildman–Crippen MR) is 154 cm³/mol. The fraction of sp³-hybridized carbons (Fsp3) is 0.393. The first-order chi connectivity index (χ1) is 19.4. The van der Waals surface area contributed by atoms with E-state index >= 15 is 0 Å². The van der Waals surface area contributed by atoms with Crippen molar-refractivity contribution in [2.75, 3.05) is 11.5 Å². The van der Waals surface area contributed by atoms with E-state index in [1.807, 2.05) is 13.8 Å². The molecule has 11 nitrogen and oxygen atoms in total. The summed E-state index contributed by atoms with van der Waals surface area (Å²) in [5.41, 5.74) is -0.987. The van der Waals surface area contributed by atoms with Crippen LogP contribution >= 0.6 is 23.5 Å². The minimum atomic E-state index is -0.919. The van der Waals surface area contributed by atoms with Gasteiger partial charge >= 0.3 is 5.97 Å². The van der Waals surface area contributed by atoms with Gasteiger partial charge in [-0.1, -0.05) is 23.5 Å². The molecule has 1 aliphatic rings. The largest absolute Gasteiger partial charge is 0.488 e. The molecule has 3 aromatic rings. The Bertz CT molecular complexity index is 1300. The van der Waals surface area contributed by atoms with Crippen LogP contribution in [-0.4, -0.2) is 71.1 Å². The zero-order chi connectivity index (χ0) is 29.6. The molecule has 1 aromatic carbocycles. The Morgan fingerprint density at radius 1 is 0.854 bits per heavy atom. The van der Waals surface area contributed by atoms with Crippen molar-refractivity contribution >= 4 is 47.0 Å². The molecule has 41 heavy (non-hydrogen) atoms. The third-order valence-corrected chi connectivity index (χ3v) is 8.49. The molecule has 2 amide bonds. The third kappa shape index (κ3) is 8.24. The molecular weight excluding hydrogens is 566 g/mol. The highest BCUT2D eigenvalue weighted by molar-refractivity contribution is 8.04. The molecule has 4 rings (SSSR count). The normalized spacial score (nSPS) is 17.6. The molecule has 0 bridgehead atoms. The Labute approximate surface area is 246 Å². The van der Waals surface area contributed by atoms with Gasteiger partial charge in [0.25, 0.3) is 0 Å². The molecule has 1 aliphatic heterocycles. The van der Waals surface area contributed by atoms with E-state index in [4.69, 9.17) is 14.6 Å². The Balaban J connectivity index is 1.46. The summed E-state index contributed by atoms with van der Waals surface area (Å²) in [4.78, 5) is 56.2. The number of hydrogen-bond acceptors (Lipinski definition) is 11. The maximum atomic E-state index is 13.6. The maximum Gasteiger partial charge on any atom is 0.306 e. The van der Waals surface area contributed by atoms with Gasteiger partial charge in [0.2, 0.25) is 11.8 Å². The van der Waals surface area contributed by atoms with Gasteiger partial charge < -0.3 is 14.6 Å². The van der Waals surface area contributed by atoms with E-state index in [0.717, 1.165) is 23.5 Å². The van der Waals surface area contributed by atoms with Crippen LogP contribution in [0.2, 0.25) is 0 Å². The lowest BCUT2D eigenvalue weighted by Crippen LogP contribution is -2.34. The zero-order valence-electron chi connectivity index (χ0n) is 23.1. The van der Waals surface area contributed by atoms with E-state index in [1.54, 1.807) is 75.0 Å². The second-order valence-electron chi connectivity index (χ2n) is 10.4. The molecule has 1 N–H and O–H groups in total. The second-order valence-corrected chi connectivity index (χ2v) is 12.7. The Morgan fingerprint density at radius 3 is 1.80 bits per heavy atom. The minimum Gasteiger partial charge on any atom is -0.488 e. The lowest BCUT2D eigenvalue weighted by atomic mass is 10.0. The van der Waals surface area contributed by atoms with E-state index < -0.39 is 27.7 Å². The first-order valence-corrected chi connectivity index (χ1v) is 14.6. The average molecular weight is 598 g/mol. The number of carbonyl (C=O) groups is 3. The van der Waals surface area contributed by atoms with Crippen molar-refractivity contribution in [3.8, 4) is 5.75 Å². The number of carbonyl (C=O) groups excluding carboxylic acids is 2. The van der Waals surface area contributed by atoms with E-state index in [-0.39, 0.29) is 18.2 Å². The first kappa shape index (κ1) is 30.4. The Morgan fingerprint density at radius 2 is 1.34 bits per heavy atom. The van der Waals surface area contributed by atoms with Crippen LogP contribution in [0.4, 0.5) is 5.69 Å². The van der Waals surface area contributed by atoms with Gasteiger partial charge in [0.05, 0.1) is 24.3 Å². The average Bonchev–Trinajstić information content (AvgIpc) is 3.13. The van der Waals surface area contributed by atoms with Crippen LogP contribution in [-0.2, 0) is 19.1 Å². The number of aromatic nitrogens is 4. The third-order valence-electron chi connectivity index (χ3n) is 6.01. The molecule has 0 aliphatic carbocycles. The summed E-state index contributed by atoms with van der Waals surface area (Å²) >= 11 is 2.26. The molecule has 2 unspecified atom stereocenters. The van der Waals surface area contributed by atoms with Crippen molar-refractivity contribution in [1.29, 1.82) is 0 Å². The zero-order valence-corrected chi connectivity index (χ0v) is 24.7. The maximum absolute atomic E-state index is 13.6. The Kier molecular flexibility index (Phi) is 9.61. The number of ether oxygens (including phenoxy) is 2. The van der Waals surface area contributed by atoms with Gasteiger partial charge in [-0.2, -0.15) is 0 Å². The molecule has 1 fully saturated rings. The molecule has 2 aromatic heterocycles. The number of anilines is 1. The van der Waals surface area contributed by atoms with Crippen LogP contribution in [0, 0.1) is 0 Å².